The Balaban J connectivity index is 1.69. The number of amides is 2. The average molecular weight is 341 g/mol. The summed E-state index contributed by atoms with van der Waals surface area (Å²) < 4.78 is 0. The monoisotopic (exact) mass is 341 g/mol. The van der Waals surface area contributed by atoms with Crippen LogP contribution in [0.4, 0.5) is 10.5 Å². The topological polar surface area (TPSA) is 35.6 Å². The molecule has 5 heteroatoms. The number of likely N-dealkylation sites (N-methyl/N-ethyl adjacent to an activating group) is 1. The molecule has 1 heterocycles. The van der Waals surface area contributed by atoms with Crippen LogP contribution in [-0.2, 0) is 0 Å². The molecule has 0 aliphatic carbocycles. The van der Waals surface area contributed by atoms with Gasteiger partial charge in [-0.15, -0.1) is 11.8 Å². The van der Waals surface area contributed by atoms with Crippen molar-refractivity contribution in [1.82, 2.24) is 9.80 Å². The van der Waals surface area contributed by atoms with E-state index in [-0.39, 0.29) is 12.1 Å². The van der Waals surface area contributed by atoms with Crippen molar-refractivity contribution < 1.29 is 4.79 Å². The van der Waals surface area contributed by atoms with Gasteiger partial charge in [-0.2, -0.15) is 0 Å². The molecule has 0 bridgehead atoms. The molecule has 1 fully saturated rings. The van der Waals surface area contributed by atoms with E-state index in [9.17, 15) is 4.79 Å². The molecule has 3 rings (SSSR count). The fourth-order valence-electron chi connectivity index (χ4n) is 3.00. The van der Waals surface area contributed by atoms with Gasteiger partial charge in [0.25, 0.3) is 0 Å². The minimum Gasteiger partial charge on any atom is -0.321 e. The number of rotatable bonds is 3. The molecular formula is C19H23N3OS. The van der Waals surface area contributed by atoms with E-state index in [0.717, 1.165) is 23.7 Å². The molecule has 0 saturated carbocycles. The quantitative estimate of drug-likeness (QED) is 0.859. The van der Waals surface area contributed by atoms with E-state index in [1.165, 1.54) is 5.56 Å². The van der Waals surface area contributed by atoms with E-state index in [1.807, 2.05) is 41.5 Å². The molecule has 1 saturated heterocycles. The molecule has 1 N–H and O–H groups in total. The van der Waals surface area contributed by atoms with Crippen molar-refractivity contribution in [2.24, 2.45) is 0 Å². The Morgan fingerprint density at radius 1 is 1.12 bits per heavy atom. The van der Waals surface area contributed by atoms with Gasteiger partial charge in [-0.05, 0) is 37.1 Å². The first-order chi connectivity index (χ1) is 11.7. The molecule has 0 radical (unpaired) electrons. The van der Waals surface area contributed by atoms with Gasteiger partial charge in [-0.25, -0.2) is 4.79 Å². The molecular weight excluding hydrogens is 318 g/mol. The van der Waals surface area contributed by atoms with Crippen molar-refractivity contribution in [3.63, 3.8) is 0 Å². The first-order valence-electron chi connectivity index (χ1n) is 8.12. The molecule has 0 aromatic heterocycles. The number of carbonyl (C=O) groups excluding carboxylic acids is 1. The number of thioether (sulfide) groups is 1. The summed E-state index contributed by atoms with van der Waals surface area (Å²) in [6.07, 6.45) is 2.03. The normalized spacial score (nSPS) is 18.4. The second-order valence-corrected chi connectivity index (χ2v) is 6.89. The van der Waals surface area contributed by atoms with Crippen molar-refractivity contribution in [2.45, 2.75) is 10.9 Å². The van der Waals surface area contributed by atoms with Crippen LogP contribution in [0, 0.1) is 0 Å². The van der Waals surface area contributed by atoms with Gasteiger partial charge in [0, 0.05) is 30.2 Å². The van der Waals surface area contributed by atoms with Crippen molar-refractivity contribution >= 4 is 23.5 Å². The predicted octanol–water partition coefficient (Wildman–Crippen LogP) is 3.93. The maximum absolute atomic E-state index is 12.6. The number of benzene rings is 2. The second-order valence-electron chi connectivity index (χ2n) is 6.02. The van der Waals surface area contributed by atoms with Crippen LogP contribution in [0.15, 0.2) is 59.5 Å². The Morgan fingerprint density at radius 3 is 2.67 bits per heavy atom. The van der Waals surface area contributed by atoms with Gasteiger partial charge in [0.2, 0.25) is 0 Å². The SMILES string of the molecule is CSc1cccc(NC(=O)N2CCN(C)[C@H](c3ccccc3)C2)c1. The molecule has 2 amide bonds. The molecule has 1 atom stereocenters. The number of urea groups is 1. The third-order valence-electron chi connectivity index (χ3n) is 4.44. The number of carbonyl (C=O) groups is 1. The highest BCUT2D eigenvalue weighted by atomic mass is 32.2. The van der Waals surface area contributed by atoms with Gasteiger partial charge in [-0.3, -0.25) is 4.90 Å². The van der Waals surface area contributed by atoms with Crippen LogP contribution in [0.2, 0.25) is 0 Å². The third-order valence-corrected chi connectivity index (χ3v) is 5.17. The highest BCUT2D eigenvalue weighted by Crippen LogP contribution is 2.25. The number of anilines is 1. The lowest BCUT2D eigenvalue weighted by Crippen LogP contribution is -2.50. The van der Waals surface area contributed by atoms with Gasteiger partial charge in [0.1, 0.15) is 0 Å². The van der Waals surface area contributed by atoms with E-state index in [4.69, 9.17) is 0 Å². The van der Waals surface area contributed by atoms with Crippen molar-refractivity contribution in [2.75, 3.05) is 38.3 Å². The maximum atomic E-state index is 12.6. The zero-order valence-electron chi connectivity index (χ0n) is 14.1. The minimum atomic E-state index is -0.0257. The summed E-state index contributed by atoms with van der Waals surface area (Å²) in [5, 5.41) is 3.03. The largest absolute Gasteiger partial charge is 0.321 e. The molecule has 126 valence electrons. The van der Waals surface area contributed by atoms with Crippen LogP contribution in [0.3, 0.4) is 0 Å². The fraction of sp³-hybridized carbons (Fsp3) is 0.316. The Labute approximate surface area is 147 Å². The van der Waals surface area contributed by atoms with E-state index in [1.54, 1.807) is 11.8 Å². The number of piperazine rings is 1. The number of nitrogens with one attached hydrogen (secondary N) is 1. The van der Waals surface area contributed by atoms with Crippen molar-refractivity contribution in [3.8, 4) is 0 Å². The van der Waals surface area contributed by atoms with Gasteiger partial charge in [0.15, 0.2) is 0 Å². The Bertz CT molecular complexity index is 692. The van der Waals surface area contributed by atoms with Crippen molar-refractivity contribution in [3.05, 3.63) is 60.2 Å². The molecule has 2 aromatic rings. The lowest BCUT2D eigenvalue weighted by molar-refractivity contribution is 0.116. The van der Waals surface area contributed by atoms with Gasteiger partial charge >= 0.3 is 6.03 Å². The van der Waals surface area contributed by atoms with E-state index < -0.39 is 0 Å². The summed E-state index contributed by atoms with van der Waals surface area (Å²) in [5.74, 6) is 0. The Kier molecular flexibility index (Phi) is 5.43. The van der Waals surface area contributed by atoms with E-state index >= 15 is 0 Å². The molecule has 24 heavy (non-hydrogen) atoms. The van der Waals surface area contributed by atoms with Crippen LogP contribution >= 0.6 is 11.8 Å². The van der Waals surface area contributed by atoms with Gasteiger partial charge in [0.05, 0.1) is 6.04 Å². The van der Waals surface area contributed by atoms with Crippen LogP contribution < -0.4 is 5.32 Å². The molecule has 1 aliphatic rings. The summed E-state index contributed by atoms with van der Waals surface area (Å²) in [5.41, 5.74) is 2.10. The van der Waals surface area contributed by atoms with Gasteiger partial charge < -0.3 is 10.2 Å². The van der Waals surface area contributed by atoms with Crippen molar-refractivity contribution in [1.29, 1.82) is 0 Å². The lowest BCUT2D eigenvalue weighted by atomic mass is 10.0. The van der Waals surface area contributed by atoms with Gasteiger partial charge in [-0.1, -0.05) is 36.4 Å². The smallest absolute Gasteiger partial charge is 0.321 e. The number of nitrogens with zero attached hydrogens (tertiary/aromatic N) is 2. The zero-order chi connectivity index (χ0) is 16.9. The Morgan fingerprint density at radius 2 is 1.92 bits per heavy atom. The Hall–Kier alpha value is -1.98. The second kappa shape index (κ2) is 7.73. The average Bonchev–Trinajstić information content (AvgIpc) is 2.63. The fourth-order valence-corrected chi connectivity index (χ4v) is 3.46. The van der Waals surface area contributed by atoms with Crippen LogP contribution in [-0.4, -0.2) is 48.8 Å². The first kappa shape index (κ1) is 16.9. The first-order valence-corrected chi connectivity index (χ1v) is 9.35. The molecule has 1 aliphatic heterocycles. The summed E-state index contributed by atoms with van der Waals surface area (Å²) in [6.45, 7) is 2.32. The zero-order valence-corrected chi connectivity index (χ0v) is 14.9. The van der Waals surface area contributed by atoms with E-state index in [2.05, 4.69) is 41.5 Å². The number of hydrogen-bond acceptors (Lipinski definition) is 3. The lowest BCUT2D eigenvalue weighted by Gasteiger charge is -2.39. The summed E-state index contributed by atoms with van der Waals surface area (Å²) in [7, 11) is 2.12. The van der Waals surface area contributed by atoms with E-state index in [0.29, 0.717) is 6.54 Å². The molecule has 4 nitrogen and oxygen atoms in total. The summed E-state index contributed by atoms with van der Waals surface area (Å²) in [6, 6.07) is 18.6. The molecule has 2 aromatic carbocycles. The van der Waals surface area contributed by atoms with Crippen LogP contribution in [0.5, 0.6) is 0 Å². The van der Waals surface area contributed by atoms with Crippen LogP contribution in [0.1, 0.15) is 11.6 Å². The number of hydrogen-bond donors (Lipinski definition) is 1. The minimum absolute atomic E-state index is 0.0257. The highest BCUT2D eigenvalue weighted by Gasteiger charge is 2.28. The maximum Gasteiger partial charge on any atom is 0.321 e. The third kappa shape index (κ3) is 3.91. The highest BCUT2D eigenvalue weighted by molar-refractivity contribution is 7.98. The summed E-state index contributed by atoms with van der Waals surface area (Å²) >= 11 is 1.67. The van der Waals surface area contributed by atoms with Crippen LogP contribution in [0.25, 0.3) is 0 Å². The standard InChI is InChI=1S/C19H23N3OS/c1-21-11-12-22(14-18(21)15-7-4-3-5-8-15)19(23)20-16-9-6-10-17(13-16)24-2/h3-10,13,18H,11-12,14H2,1-2H3,(H,20,23)/t18-/m0/s1. The molecule has 0 spiro atoms. The predicted molar refractivity (Wildman–Crippen MR) is 101 cm³/mol. The molecule has 0 unspecified atom stereocenters. The summed E-state index contributed by atoms with van der Waals surface area (Å²) in [4.78, 5) is 18.0.